The Morgan fingerprint density at radius 1 is 0.571 bits per heavy atom. The third-order valence-electron chi connectivity index (χ3n) is 6.90. The van der Waals surface area contributed by atoms with E-state index in [1.807, 2.05) is 18.3 Å². The summed E-state index contributed by atoms with van der Waals surface area (Å²) < 4.78 is 2.40. The van der Waals surface area contributed by atoms with Gasteiger partial charge in [-0.25, -0.2) is 4.98 Å². The highest BCUT2D eigenvalue weighted by Crippen LogP contribution is 2.36. The number of hydrogen-bond donors (Lipinski definition) is 0. The van der Waals surface area contributed by atoms with Crippen LogP contribution < -0.4 is 0 Å². The van der Waals surface area contributed by atoms with Crippen LogP contribution in [-0.4, -0.2) is 15.8 Å². The van der Waals surface area contributed by atoms with Gasteiger partial charge in [0.1, 0.15) is 0 Å². The van der Waals surface area contributed by atoms with Crippen molar-refractivity contribution in [1.82, 2.24) is 9.55 Å². The van der Waals surface area contributed by atoms with Crippen molar-refractivity contribution in [3.05, 3.63) is 120 Å². The predicted molar refractivity (Wildman–Crippen MR) is 145 cm³/mol. The summed E-state index contributed by atoms with van der Waals surface area (Å²) in [5, 5.41) is 2.54. The molecule has 6 aromatic rings. The molecule has 4 aromatic carbocycles. The Hall–Kier alpha value is -4.50. The molecule has 0 spiro atoms. The minimum Gasteiger partial charge on any atom is -0.309 e. The molecule has 0 atom stereocenters. The number of benzene rings is 4. The maximum atomic E-state index is 5.08. The van der Waals surface area contributed by atoms with E-state index in [1.165, 1.54) is 32.9 Å². The van der Waals surface area contributed by atoms with Gasteiger partial charge in [-0.3, -0.25) is 4.99 Å². The maximum Gasteiger partial charge on any atom is 0.0730 e. The lowest BCUT2D eigenvalue weighted by Gasteiger charge is -2.15. The van der Waals surface area contributed by atoms with Crippen molar-refractivity contribution in [3.8, 4) is 28.2 Å². The van der Waals surface area contributed by atoms with Crippen molar-refractivity contribution >= 4 is 28.0 Å². The molecule has 3 heteroatoms. The molecule has 166 valence electrons. The van der Waals surface area contributed by atoms with Crippen LogP contribution in [-0.2, 0) is 13.0 Å². The van der Waals surface area contributed by atoms with Crippen molar-refractivity contribution in [3.63, 3.8) is 0 Å². The summed E-state index contributed by atoms with van der Waals surface area (Å²) in [6, 6.07) is 38.7. The van der Waals surface area contributed by atoms with Gasteiger partial charge in [0.05, 0.1) is 34.7 Å². The first-order chi connectivity index (χ1) is 17.3. The molecule has 7 rings (SSSR count). The molecular weight excluding hydrogens is 426 g/mol. The number of aliphatic imine (C=N–C) groups is 1. The third-order valence-corrected chi connectivity index (χ3v) is 6.90. The van der Waals surface area contributed by atoms with Gasteiger partial charge in [0, 0.05) is 34.5 Å². The largest absolute Gasteiger partial charge is 0.309 e. The van der Waals surface area contributed by atoms with E-state index in [9.17, 15) is 0 Å². The molecule has 1 aliphatic rings. The fraction of sp³-hybridized carbons (Fsp3) is 0.0625. The van der Waals surface area contributed by atoms with Gasteiger partial charge in [-0.15, -0.1) is 0 Å². The van der Waals surface area contributed by atoms with E-state index in [0.29, 0.717) is 0 Å². The van der Waals surface area contributed by atoms with Gasteiger partial charge in [0.2, 0.25) is 0 Å². The van der Waals surface area contributed by atoms with Gasteiger partial charge in [0.15, 0.2) is 0 Å². The fourth-order valence-corrected chi connectivity index (χ4v) is 5.20. The van der Waals surface area contributed by atoms with Crippen molar-refractivity contribution in [2.24, 2.45) is 4.99 Å². The van der Waals surface area contributed by atoms with E-state index < -0.39 is 0 Å². The first-order valence-electron chi connectivity index (χ1n) is 12.0. The second-order valence-corrected chi connectivity index (χ2v) is 9.05. The lowest BCUT2D eigenvalue weighted by Crippen LogP contribution is -2.02. The molecule has 0 saturated carbocycles. The lowest BCUT2D eigenvalue weighted by atomic mass is 9.99. The first kappa shape index (κ1) is 19.9. The van der Waals surface area contributed by atoms with E-state index >= 15 is 0 Å². The minimum atomic E-state index is 0.760. The average Bonchev–Trinajstić information content (AvgIpc) is 3.26. The van der Waals surface area contributed by atoms with Crippen LogP contribution in [0.4, 0.5) is 0 Å². The molecule has 0 unspecified atom stereocenters. The van der Waals surface area contributed by atoms with E-state index in [2.05, 4.69) is 107 Å². The van der Waals surface area contributed by atoms with Crippen molar-refractivity contribution in [1.29, 1.82) is 0 Å². The highest BCUT2D eigenvalue weighted by atomic mass is 15.0. The van der Waals surface area contributed by atoms with Crippen LogP contribution in [0.15, 0.2) is 114 Å². The second kappa shape index (κ2) is 8.07. The molecule has 1 aliphatic heterocycles. The number of para-hydroxylation sites is 1. The summed E-state index contributed by atoms with van der Waals surface area (Å²) in [6.45, 7) is 0.760. The average molecular weight is 450 g/mol. The SMILES string of the molecule is C1=NCc2cc3c4ccccc4n(-c4cc(-c5ccccc5)nc(-c5ccccc5)c4)c3cc2C1. The number of hydrogen-bond acceptors (Lipinski definition) is 2. The molecule has 0 radical (unpaired) electrons. The standard InChI is InChI=1S/C32H23N3/c1-3-9-22(10-4-1)29-19-26(20-30(34-29)23-11-5-2-6-12-23)35-31-14-8-7-13-27(31)28-17-25-21-33-16-15-24(25)18-32(28)35/h1-14,16-20H,15,21H2. The molecule has 3 nitrogen and oxygen atoms in total. The lowest BCUT2D eigenvalue weighted by molar-refractivity contribution is 1.01. The Bertz CT molecular complexity index is 1670. The van der Waals surface area contributed by atoms with Crippen molar-refractivity contribution < 1.29 is 0 Å². The predicted octanol–water partition coefficient (Wildman–Crippen LogP) is 7.64. The quantitative estimate of drug-likeness (QED) is 0.273. The van der Waals surface area contributed by atoms with Gasteiger partial charge in [-0.05, 0) is 41.5 Å². The number of aromatic nitrogens is 2. The van der Waals surface area contributed by atoms with E-state index in [0.717, 1.165) is 41.2 Å². The molecule has 3 heterocycles. The number of rotatable bonds is 3. The topological polar surface area (TPSA) is 30.2 Å². The van der Waals surface area contributed by atoms with Crippen LogP contribution in [0.5, 0.6) is 0 Å². The first-order valence-corrected chi connectivity index (χ1v) is 12.0. The van der Waals surface area contributed by atoms with Crippen LogP contribution in [0.25, 0.3) is 50.0 Å². The molecule has 0 bridgehead atoms. The molecular formula is C32H23N3. The second-order valence-electron chi connectivity index (χ2n) is 9.05. The van der Waals surface area contributed by atoms with E-state index in [1.54, 1.807) is 0 Å². The van der Waals surface area contributed by atoms with Crippen LogP contribution in [0.1, 0.15) is 11.1 Å². The molecule has 0 aliphatic carbocycles. The Kier molecular flexibility index (Phi) is 4.59. The van der Waals surface area contributed by atoms with E-state index in [4.69, 9.17) is 4.98 Å². The normalized spacial score (nSPS) is 12.8. The maximum absolute atomic E-state index is 5.08. The molecule has 0 saturated heterocycles. The summed E-state index contributed by atoms with van der Waals surface area (Å²) >= 11 is 0. The summed E-state index contributed by atoms with van der Waals surface area (Å²) in [6.07, 6.45) is 2.92. The Morgan fingerprint density at radius 3 is 1.94 bits per heavy atom. The highest BCUT2D eigenvalue weighted by molar-refractivity contribution is 6.10. The number of fused-ring (bicyclic) bond motifs is 4. The van der Waals surface area contributed by atoms with Gasteiger partial charge in [-0.2, -0.15) is 0 Å². The van der Waals surface area contributed by atoms with Gasteiger partial charge in [-0.1, -0.05) is 78.9 Å². The Morgan fingerprint density at radius 2 is 1.23 bits per heavy atom. The minimum absolute atomic E-state index is 0.760. The van der Waals surface area contributed by atoms with Crippen LogP contribution in [0, 0.1) is 0 Å². The molecule has 0 amide bonds. The van der Waals surface area contributed by atoms with Crippen molar-refractivity contribution in [2.75, 3.05) is 0 Å². The smallest absolute Gasteiger partial charge is 0.0730 e. The zero-order valence-electron chi connectivity index (χ0n) is 19.2. The van der Waals surface area contributed by atoms with Crippen LogP contribution in [0.2, 0.25) is 0 Å². The van der Waals surface area contributed by atoms with Crippen LogP contribution >= 0.6 is 0 Å². The summed E-state index contributed by atoms with van der Waals surface area (Å²) in [5.74, 6) is 0. The summed E-state index contributed by atoms with van der Waals surface area (Å²) in [4.78, 5) is 9.60. The monoisotopic (exact) mass is 449 g/mol. The fourth-order valence-electron chi connectivity index (χ4n) is 5.20. The van der Waals surface area contributed by atoms with Crippen LogP contribution in [0.3, 0.4) is 0 Å². The van der Waals surface area contributed by atoms with Gasteiger partial charge < -0.3 is 4.57 Å². The summed E-state index contributed by atoms with van der Waals surface area (Å²) in [5.41, 5.74) is 10.4. The van der Waals surface area contributed by atoms with E-state index in [-0.39, 0.29) is 0 Å². The number of nitrogens with zero attached hydrogens (tertiary/aromatic N) is 3. The molecule has 0 N–H and O–H groups in total. The molecule has 0 fully saturated rings. The Balaban J connectivity index is 1.56. The highest BCUT2D eigenvalue weighted by Gasteiger charge is 2.17. The molecule has 35 heavy (non-hydrogen) atoms. The zero-order valence-corrected chi connectivity index (χ0v) is 19.2. The summed E-state index contributed by atoms with van der Waals surface area (Å²) in [7, 11) is 0. The molecule has 2 aromatic heterocycles. The third kappa shape index (κ3) is 3.36. The van der Waals surface area contributed by atoms with Gasteiger partial charge in [0.25, 0.3) is 0 Å². The Labute approximate surface area is 204 Å². The zero-order chi connectivity index (χ0) is 23.2. The van der Waals surface area contributed by atoms with Crippen molar-refractivity contribution in [2.45, 2.75) is 13.0 Å². The van der Waals surface area contributed by atoms with Gasteiger partial charge >= 0.3 is 0 Å². The number of pyridine rings is 1.